The summed E-state index contributed by atoms with van der Waals surface area (Å²) in [4.78, 5) is 10.5. The molecule has 2 heteroatoms. The molecule has 0 aromatic carbocycles. The molecule has 0 aromatic heterocycles. The van der Waals surface area contributed by atoms with Gasteiger partial charge in [0.2, 0.25) is 0 Å². The van der Waals surface area contributed by atoms with Gasteiger partial charge in [-0.15, -0.1) is 0 Å². The summed E-state index contributed by atoms with van der Waals surface area (Å²) in [5.74, 6) is 0.0444. The SMILES string of the molecule is CC[C@H](CC1CC1)C(=O)O. The van der Waals surface area contributed by atoms with Crippen LogP contribution in [0.25, 0.3) is 0 Å². The zero-order chi connectivity index (χ0) is 7.56. The number of hydrogen-bond donors (Lipinski definition) is 1. The molecule has 1 N–H and O–H groups in total. The van der Waals surface area contributed by atoms with E-state index in [0.29, 0.717) is 0 Å². The largest absolute Gasteiger partial charge is 0.481 e. The van der Waals surface area contributed by atoms with Crippen LogP contribution in [0.3, 0.4) is 0 Å². The van der Waals surface area contributed by atoms with Crippen LogP contribution in [0.5, 0.6) is 0 Å². The second-order valence-electron chi connectivity index (χ2n) is 3.12. The quantitative estimate of drug-likeness (QED) is 0.650. The molecular weight excluding hydrogens is 128 g/mol. The fourth-order valence-electron chi connectivity index (χ4n) is 1.20. The smallest absolute Gasteiger partial charge is 0.306 e. The molecule has 0 heterocycles. The summed E-state index contributed by atoms with van der Waals surface area (Å²) in [5.41, 5.74) is 0. The number of carbonyl (C=O) groups is 1. The van der Waals surface area contributed by atoms with E-state index in [0.717, 1.165) is 18.8 Å². The van der Waals surface area contributed by atoms with Crippen LogP contribution in [0, 0.1) is 11.8 Å². The maximum Gasteiger partial charge on any atom is 0.306 e. The van der Waals surface area contributed by atoms with Crippen molar-refractivity contribution in [3.05, 3.63) is 0 Å². The number of hydrogen-bond acceptors (Lipinski definition) is 1. The fourth-order valence-corrected chi connectivity index (χ4v) is 1.20. The van der Waals surface area contributed by atoms with Gasteiger partial charge in [0.25, 0.3) is 0 Å². The highest BCUT2D eigenvalue weighted by molar-refractivity contribution is 5.69. The number of rotatable bonds is 4. The Bertz CT molecular complexity index is 127. The predicted molar refractivity (Wildman–Crippen MR) is 38.8 cm³/mol. The van der Waals surface area contributed by atoms with E-state index in [1.165, 1.54) is 12.8 Å². The van der Waals surface area contributed by atoms with Crippen molar-refractivity contribution in [2.45, 2.75) is 32.6 Å². The Morgan fingerprint density at radius 3 is 2.60 bits per heavy atom. The number of aliphatic carboxylic acids is 1. The summed E-state index contributed by atoms with van der Waals surface area (Å²) < 4.78 is 0. The fraction of sp³-hybridized carbons (Fsp3) is 0.875. The molecule has 0 aromatic rings. The Kier molecular flexibility index (Phi) is 2.30. The highest BCUT2D eigenvalue weighted by Crippen LogP contribution is 2.36. The molecule has 0 bridgehead atoms. The van der Waals surface area contributed by atoms with Crippen molar-refractivity contribution in [3.8, 4) is 0 Å². The molecule has 0 saturated heterocycles. The number of carboxylic acid groups (broad SMARTS) is 1. The Hall–Kier alpha value is -0.530. The average molecular weight is 142 g/mol. The van der Waals surface area contributed by atoms with Crippen molar-refractivity contribution in [2.75, 3.05) is 0 Å². The molecule has 1 fully saturated rings. The first kappa shape index (κ1) is 7.58. The Labute approximate surface area is 61.2 Å². The minimum atomic E-state index is -0.616. The second kappa shape index (κ2) is 3.04. The molecule has 10 heavy (non-hydrogen) atoms. The van der Waals surface area contributed by atoms with E-state index in [1.807, 2.05) is 6.92 Å². The van der Waals surface area contributed by atoms with Crippen molar-refractivity contribution < 1.29 is 9.90 Å². The van der Waals surface area contributed by atoms with E-state index < -0.39 is 5.97 Å². The zero-order valence-corrected chi connectivity index (χ0v) is 6.34. The van der Waals surface area contributed by atoms with Crippen LogP contribution in [-0.4, -0.2) is 11.1 Å². The van der Waals surface area contributed by atoms with E-state index >= 15 is 0 Å². The van der Waals surface area contributed by atoms with Crippen LogP contribution in [0.1, 0.15) is 32.6 Å². The number of carboxylic acids is 1. The van der Waals surface area contributed by atoms with Gasteiger partial charge in [0, 0.05) is 0 Å². The molecule has 0 aliphatic heterocycles. The predicted octanol–water partition coefficient (Wildman–Crippen LogP) is 1.90. The highest BCUT2D eigenvalue weighted by atomic mass is 16.4. The minimum Gasteiger partial charge on any atom is -0.481 e. The van der Waals surface area contributed by atoms with Gasteiger partial charge in [0.15, 0.2) is 0 Å². The zero-order valence-electron chi connectivity index (χ0n) is 6.34. The molecule has 1 aliphatic rings. The van der Waals surface area contributed by atoms with E-state index in [9.17, 15) is 4.79 Å². The van der Waals surface area contributed by atoms with Crippen molar-refractivity contribution in [1.82, 2.24) is 0 Å². The third-order valence-corrected chi connectivity index (χ3v) is 2.16. The van der Waals surface area contributed by atoms with Crippen LogP contribution in [0.4, 0.5) is 0 Å². The van der Waals surface area contributed by atoms with Gasteiger partial charge in [0.05, 0.1) is 5.92 Å². The van der Waals surface area contributed by atoms with Gasteiger partial charge in [-0.2, -0.15) is 0 Å². The lowest BCUT2D eigenvalue weighted by atomic mass is 10.00. The summed E-state index contributed by atoms with van der Waals surface area (Å²) >= 11 is 0. The van der Waals surface area contributed by atoms with Crippen LogP contribution in [0.2, 0.25) is 0 Å². The molecule has 1 aliphatic carbocycles. The molecular formula is C8H14O2. The monoisotopic (exact) mass is 142 g/mol. The van der Waals surface area contributed by atoms with E-state index in [-0.39, 0.29) is 5.92 Å². The van der Waals surface area contributed by atoms with Crippen LogP contribution in [-0.2, 0) is 4.79 Å². The molecule has 0 unspecified atom stereocenters. The first-order valence-corrected chi connectivity index (χ1v) is 3.96. The average Bonchev–Trinajstić information content (AvgIpc) is 2.64. The van der Waals surface area contributed by atoms with Gasteiger partial charge >= 0.3 is 5.97 Å². The van der Waals surface area contributed by atoms with Crippen molar-refractivity contribution >= 4 is 5.97 Å². The maximum absolute atomic E-state index is 10.5. The Balaban J connectivity index is 2.24. The molecule has 0 spiro atoms. The van der Waals surface area contributed by atoms with Crippen molar-refractivity contribution in [3.63, 3.8) is 0 Å². The summed E-state index contributed by atoms with van der Waals surface area (Å²) in [7, 11) is 0. The standard InChI is InChI=1S/C8H14O2/c1-2-7(8(9)10)5-6-3-4-6/h6-7H,2-5H2,1H3,(H,9,10)/t7-/m1/s1. The molecule has 58 valence electrons. The van der Waals surface area contributed by atoms with Gasteiger partial charge in [0.1, 0.15) is 0 Å². The van der Waals surface area contributed by atoms with Gasteiger partial charge in [-0.1, -0.05) is 19.8 Å². The van der Waals surface area contributed by atoms with Crippen molar-refractivity contribution in [2.24, 2.45) is 11.8 Å². The summed E-state index contributed by atoms with van der Waals surface area (Å²) in [6, 6.07) is 0. The lowest BCUT2D eigenvalue weighted by Crippen LogP contribution is -2.12. The third-order valence-electron chi connectivity index (χ3n) is 2.16. The maximum atomic E-state index is 10.5. The van der Waals surface area contributed by atoms with Crippen LogP contribution < -0.4 is 0 Å². The summed E-state index contributed by atoms with van der Waals surface area (Å²) in [5, 5.41) is 8.65. The minimum absolute atomic E-state index is 0.0764. The second-order valence-corrected chi connectivity index (χ2v) is 3.12. The first-order chi connectivity index (χ1) is 4.74. The van der Waals surface area contributed by atoms with E-state index in [4.69, 9.17) is 5.11 Å². The first-order valence-electron chi connectivity index (χ1n) is 3.96. The highest BCUT2D eigenvalue weighted by Gasteiger charge is 2.27. The summed E-state index contributed by atoms with van der Waals surface area (Å²) in [6.07, 6.45) is 4.20. The Morgan fingerprint density at radius 1 is 1.70 bits per heavy atom. The van der Waals surface area contributed by atoms with Crippen LogP contribution >= 0.6 is 0 Å². The molecule has 1 rings (SSSR count). The third kappa shape index (κ3) is 2.01. The topological polar surface area (TPSA) is 37.3 Å². The molecule has 2 nitrogen and oxygen atoms in total. The molecule has 1 saturated carbocycles. The Morgan fingerprint density at radius 2 is 2.30 bits per heavy atom. The molecule has 0 amide bonds. The molecule has 0 radical (unpaired) electrons. The lowest BCUT2D eigenvalue weighted by Gasteiger charge is -2.06. The van der Waals surface area contributed by atoms with E-state index in [2.05, 4.69) is 0 Å². The summed E-state index contributed by atoms with van der Waals surface area (Å²) in [6.45, 7) is 1.95. The van der Waals surface area contributed by atoms with E-state index in [1.54, 1.807) is 0 Å². The van der Waals surface area contributed by atoms with Crippen LogP contribution in [0.15, 0.2) is 0 Å². The normalized spacial score (nSPS) is 20.5. The van der Waals surface area contributed by atoms with Crippen molar-refractivity contribution in [1.29, 1.82) is 0 Å². The van der Waals surface area contributed by atoms with Gasteiger partial charge in [-0.25, -0.2) is 0 Å². The van der Waals surface area contributed by atoms with Gasteiger partial charge < -0.3 is 5.11 Å². The molecule has 1 atom stereocenters. The van der Waals surface area contributed by atoms with Gasteiger partial charge in [-0.05, 0) is 18.8 Å². The lowest BCUT2D eigenvalue weighted by molar-refractivity contribution is -0.142. The van der Waals surface area contributed by atoms with Gasteiger partial charge in [-0.3, -0.25) is 4.79 Å².